The molecule has 1 amide bonds. The van der Waals surface area contributed by atoms with Gasteiger partial charge in [-0.2, -0.15) is 0 Å². The van der Waals surface area contributed by atoms with Gasteiger partial charge < -0.3 is 20.3 Å². The molecule has 1 aromatic carbocycles. The highest BCUT2D eigenvalue weighted by molar-refractivity contribution is 5.97. The second-order valence-corrected chi connectivity index (χ2v) is 4.31. The Morgan fingerprint density at radius 3 is 3.00 bits per heavy atom. The average Bonchev–Trinajstić information content (AvgIpc) is 2.58. The van der Waals surface area contributed by atoms with Crippen LogP contribution >= 0.6 is 0 Å². The minimum absolute atomic E-state index is 0.108. The number of aliphatic hydroxyl groups is 1. The Morgan fingerprint density at radius 2 is 2.26 bits per heavy atom. The van der Waals surface area contributed by atoms with E-state index in [0.717, 1.165) is 0 Å². The molecule has 19 heavy (non-hydrogen) atoms. The number of hydrogen-bond acceptors (Lipinski definition) is 4. The molecule has 0 aromatic heterocycles. The van der Waals surface area contributed by atoms with Gasteiger partial charge in [0.1, 0.15) is 12.4 Å². The fraction of sp³-hybridized carbons (Fsp3) is 0.385. The normalized spacial score (nSPS) is 15.7. The van der Waals surface area contributed by atoms with Crippen molar-refractivity contribution in [1.82, 2.24) is 5.32 Å². The Bertz CT molecular complexity index is 500. The van der Waals surface area contributed by atoms with Gasteiger partial charge in [-0.25, -0.2) is 0 Å². The van der Waals surface area contributed by atoms with Crippen LogP contribution in [0.2, 0.25) is 0 Å². The SMILES string of the molecule is O=C(O)CC[C@H](O)c1ccc2c(c1)C(=O)NCCO2. The fourth-order valence-corrected chi connectivity index (χ4v) is 1.91. The number of nitrogens with one attached hydrogen (secondary N) is 1. The van der Waals surface area contributed by atoms with Crippen LogP contribution in [0.15, 0.2) is 18.2 Å². The van der Waals surface area contributed by atoms with Crippen molar-refractivity contribution in [1.29, 1.82) is 0 Å². The molecule has 1 aliphatic heterocycles. The zero-order valence-electron chi connectivity index (χ0n) is 10.3. The Hall–Kier alpha value is -2.08. The van der Waals surface area contributed by atoms with Gasteiger partial charge in [0, 0.05) is 6.42 Å². The number of carbonyl (C=O) groups is 2. The number of amides is 1. The van der Waals surface area contributed by atoms with Crippen LogP contribution < -0.4 is 10.1 Å². The minimum Gasteiger partial charge on any atom is -0.491 e. The number of hydrogen-bond donors (Lipinski definition) is 3. The summed E-state index contributed by atoms with van der Waals surface area (Å²) in [7, 11) is 0. The molecular formula is C13H15NO5. The van der Waals surface area contributed by atoms with E-state index in [-0.39, 0.29) is 18.7 Å². The molecule has 1 heterocycles. The summed E-state index contributed by atoms with van der Waals surface area (Å²) in [5.41, 5.74) is 0.880. The highest BCUT2D eigenvalue weighted by Crippen LogP contribution is 2.26. The fourth-order valence-electron chi connectivity index (χ4n) is 1.91. The van der Waals surface area contributed by atoms with Crippen molar-refractivity contribution in [2.45, 2.75) is 18.9 Å². The van der Waals surface area contributed by atoms with Crippen molar-refractivity contribution >= 4 is 11.9 Å². The van der Waals surface area contributed by atoms with Crippen molar-refractivity contribution in [3.05, 3.63) is 29.3 Å². The predicted octanol–water partition coefficient (Wildman–Crippen LogP) is 0.707. The molecule has 0 saturated carbocycles. The monoisotopic (exact) mass is 265 g/mol. The van der Waals surface area contributed by atoms with Crippen LogP contribution in [-0.4, -0.2) is 35.2 Å². The van der Waals surface area contributed by atoms with Gasteiger partial charge >= 0.3 is 5.97 Å². The van der Waals surface area contributed by atoms with Crippen molar-refractivity contribution in [3.8, 4) is 5.75 Å². The van der Waals surface area contributed by atoms with Gasteiger partial charge in [-0.05, 0) is 24.1 Å². The Labute approximate surface area is 110 Å². The number of carboxylic acid groups (broad SMARTS) is 1. The molecule has 0 unspecified atom stereocenters. The lowest BCUT2D eigenvalue weighted by atomic mass is 10.0. The predicted molar refractivity (Wildman–Crippen MR) is 66.1 cm³/mol. The zero-order chi connectivity index (χ0) is 13.8. The number of aliphatic carboxylic acids is 1. The van der Waals surface area contributed by atoms with E-state index in [1.54, 1.807) is 18.2 Å². The van der Waals surface area contributed by atoms with Crippen molar-refractivity contribution in [2.24, 2.45) is 0 Å². The Balaban J connectivity index is 2.19. The minimum atomic E-state index is -0.963. The molecular weight excluding hydrogens is 250 g/mol. The number of aliphatic hydroxyl groups excluding tert-OH is 1. The van der Waals surface area contributed by atoms with E-state index in [0.29, 0.717) is 30.0 Å². The van der Waals surface area contributed by atoms with Gasteiger partial charge in [-0.15, -0.1) is 0 Å². The summed E-state index contributed by atoms with van der Waals surface area (Å²) in [5.74, 6) is -0.737. The maximum absolute atomic E-state index is 11.8. The van der Waals surface area contributed by atoms with E-state index in [1.807, 2.05) is 0 Å². The molecule has 0 spiro atoms. The number of benzene rings is 1. The van der Waals surface area contributed by atoms with Gasteiger partial charge in [-0.1, -0.05) is 6.07 Å². The lowest BCUT2D eigenvalue weighted by Gasteiger charge is -2.12. The standard InChI is InChI=1S/C13H15NO5/c15-10(2-4-12(16)17)8-1-3-11-9(7-8)13(18)14-5-6-19-11/h1,3,7,10,15H,2,4-6H2,(H,14,18)(H,16,17)/t10-/m0/s1. The van der Waals surface area contributed by atoms with E-state index < -0.39 is 12.1 Å². The highest BCUT2D eigenvalue weighted by atomic mass is 16.5. The summed E-state index contributed by atoms with van der Waals surface area (Å²) in [6, 6.07) is 4.81. The van der Waals surface area contributed by atoms with E-state index >= 15 is 0 Å². The number of carboxylic acids is 1. The Kier molecular flexibility index (Phi) is 4.01. The molecule has 102 valence electrons. The summed E-state index contributed by atoms with van der Waals surface area (Å²) in [5, 5.41) is 21.2. The number of fused-ring (bicyclic) bond motifs is 1. The molecule has 0 radical (unpaired) electrons. The quantitative estimate of drug-likeness (QED) is 0.745. The molecule has 0 bridgehead atoms. The first-order valence-electron chi connectivity index (χ1n) is 6.02. The van der Waals surface area contributed by atoms with Crippen LogP contribution in [0.1, 0.15) is 34.9 Å². The molecule has 1 atom stereocenters. The molecule has 1 aliphatic rings. The van der Waals surface area contributed by atoms with Gasteiger partial charge in [0.25, 0.3) is 5.91 Å². The van der Waals surface area contributed by atoms with Crippen LogP contribution in [0.4, 0.5) is 0 Å². The van der Waals surface area contributed by atoms with E-state index in [1.165, 1.54) is 0 Å². The summed E-state index contributed by atoms with van der Waals surface area (Å²) in [6.07, 6.45) is -0.921. The summed E-state index contributed by atoms with van der Waals surface area (Å²) in [4.78, 5) is 22.2. The van der Waals surface area contributed by atoms with Gasteiger partial charge in [0.05, 0.1) is 18.2 Å². The first-order valence-corrected chi connectivity index (χ1v) is 6.02. The van der Waals surface area contributed by atoms with E-state index in [2.05, 4.69) is 5.32 Å². The molecule has 3 N–H and O–H groups in total. The molecule has 6 heteroatoms. The smallest absolute Gasteiger partial charge is 0.303 e. The van der Waals surface area contributed by atoms with Crippen molar-refractivity contribution in [2.75, 3.05) is 13.2 Å². The lowest BCUT2D eigenvalue weighted by Crippen LogP contribution is -2.24. The van der Waals surface area contributed by atoms with Crippen molar-refractivity contribution < 1.29 is 24.5 Å². The number of ether oxygens (including phenoxy) is 1. The largest absolute Gasteiger partial charge is 0.491 e. The van der Waals surface area contributed by atoms with Crippen molar-refractivity contribution in [3.63, 3.8) is 0 Å². The third-order valence-corrected chi connectivity index (χ3v) is 2.91. The molecule has 1 aromatic rings. The summed E-state index contributed by atoms with van der Waals surface area (Å²) in [6.45, 7) is 0.837. The lowest BCUT2D eigenvalue weighted by molar-refractivity contribution is -0.137. The second kappa shape index (κ2) is 5.71. The number of rotatable bonds is 4. The first kappa shape index (κ1) is 13.4. The van der Waals surface area contributed by atoms with Gasteiger partial charge in [0.2, 0.25) is 0 Å². The second-order valence-electron chi connectivity index (χ2n) is 4.31. The Morgan fingerprint density at radius 1 is 1.47 bits per heavy atom. The topological polar surface area (TPSA) is 95.9 Å². The molecule has 6 nitrogen and oxygen atoms in total. The van der Waals surface area contributed by atoms with E-state index in [9.17, 15) is 14.7 Å². The molecule has 2 rings (SSSR count). The highest BCUT2D eigenvalue weighted by Gasteiger charge is 2.19. The summed E-state index contributed by atoms with van der Waals surface area (Å²) >= 11 is 0. The maximum atomic E-state index is 11.8. The van der Waals surface area contributed by atoms with E-state index in [4.69, 9.17) is 9.84 Å². The number of carbonyl (C=O) groups excluding carboxylic acids is 1. The summed E-state index contributed by atoms with van der Waals surface area (Å²) < 4.78 is 5.39. The molecule has 0 saturated heterocycles. The van der Waals surface area contributed by atoms with Crippen LogP contribution in [0.5, 0.6) is 5.75 Å². The maximum Gasteiger partial charge on any atom is 0.303 e. The zero-order valence-corrected chi connectivity index (χ0v) is 10.3. The average molecular weight is 265 g/mol. The van der Waals surface area contributed by atoms with Crippen LogP contribution in [-0.2, 0) is 4.79 Å². The van der Waals surface area contributed by atoms with Gasteiger partial charge in [-0.3, -0.25) is 9.59 Å². The van der Waals surface area contributed by atoms with Crippen LogP contribution in [0.25, 0.3) is 0 Å². The van der Waals surface area contributed by atoms with Crippen LogP contribution in [0.3, 0.4) is 0 Å². The third-order valence-electron chi connectivity index (χ3n) is 2.91. The first-order chi connectivity index (χ1) is 9.08. The third kappa shape index (κ3) is 3.23. The van der Waals surface area contributed by atoms with Gasteiger partial charge in [0.15, 0.2) is 0 Å². The van der Waals surface area contributed by atoms with Crippen LogP contribution in [0, 0.1) is 0 Å². The molecule has 0 aliphatic carbocycles. The molecule has 0 fully saturated rings.